The first-order valence-electron chi connectivity index (χ1n) is 14.6. The summed E-state index contributed by atoms with van der Waals surface area (Å²) in [5, 5.41) is 7.46. The van der Waals surface area contributed by atoms with E-state index in [1.807, 2.05) is 0 Å². The molecule has 0 unspecified atom stereocenters. The summed E-state index contributed by atoms with van der Waals surface area (Å²) < 4.78 is 4.81. The van der Waals surface area contributed by atoms with Crippen molar-refractivity contribution >= 4 is 60.1 Å². The third-order valence-electron chi connectivity index (χ3n) is 8.77. The van der Waals surface area contributed by atoms with Gasteiger partial charge in [0, 0.05) is 32.8 Å². The number of pyridine rings is 1. The molecule has 0 spiro atoms. The second-order valence-electron chi connectivity index (χ2n) is 11.1. The average Bonchev–Trinajstić information content (AvgIpc) is 3.56. The lowest BCUT2D eigenvalue weighted by molar-refractivity contribution is 0.979. The van der Waals surface area contributed by atoms with Gasteiger partial charge in [-0.2, -0.15) is 0 Å². The van der Waals surface area contributed by atoms with Crippen LogP contribution in [0.5, 0.6) is 0 Å². The maximum Gasteiger partial charge on any atom is 0.138 e. The first-order chi connectivity index (χ1) is 20.8. The van der Waals surface area contributed by atoms with Crippen LogP contribution in [0.15, 0.2) is 140 Å². The Bertz CT molecular complexity index is 2410. The molecule has 9 rings (SSSR count). The van der Waals surface area contributed by atoms with Crippen molar-refractivity contribution in [2.24, 2.45) is 0 Å². The molecular weight excluding hydrogens is 510 g/mol. The Morgan fingerprint density at radius 2 is 1.17 bits per heavy atom. The molecule has 0 saturated carbocycles. The van der Waals surface area contributed by atoms with Gasteiger partial charge in [-0.15, -0.1) is 0 Å². The van der Waals surface area contributed by atoms with Crippen LogP contribution in [0.2, 0.25) is 0 Å². The number of hydrogen-bond acceptors (Lipinski definition) is 1. The fourth-order valence-electron chi connectivity index (χ4n) is 6.91. The maximum atomic E-state index is 5.30. The molecule has 0 saturated heterocycles. The second-order valence-corrected chi connectivity index (χ2v) is 11.1. The van der Waals surface area contributed by atoms with Gasteiger partial charge >= 0.3 is 0 Å². The molecular formula is C39H27N3. The Hall–Kier alpha value is -5.41. The highest BCUT2D eigenvalue weighted by atomic mass is 15.1. The molecule has 3 aromatic heterocycles. The largest absolute Gasteiger partial charge is 0.313 e. The fourth-order valence-corrected chi connectivity index (χ4v) is 6.91. The van der Waals surface area contributed by atoms with Crippen LogP contribution in [0.3, 0.4) is 0 Å². The molecule has 5 aromatic carbocycles. The number of benzene rings is 5. The van der Waals surface area contributed by atoms with E-state index in [0.29, 0.717) is 0 Å². The van der Waals surface area contributed by atoms with Crippen LogP contribution in [0.25, 0.3) is 77.2 Å². The minimum Gasteiger partial charge on any atom is -0.313 e. The minimum atomic E-state index is 0.926. The zero-order valence-electron chi connectivity index (χ0n) is 23.0. The monoisotopic (exact) mass is 537 g/mol. The van der Waals surface area contributed by atoms with Gasteiger partial charge in [-0.1, -0.05) is 97.1 Å². The van der Waals surface area contributed by atoms with E-state index in [-0.39, 0.29) is 0 Å². The van der Waals surface area contributed by atoms with E-state index in [1.54, 1.807) is 0 Å². The summed E-state index contributed by atoms with van der Waals surface area (Å²) >= 11 is 0. The Morgan fingerprint density at radius 1 is 0.524 bits per heavy atom. The Labute approximate surface area is 243 Å². The van der Waals surface area contributed by atoms with Gasteiger partial charge in [0.1, 0.15) is 5.82 Å². The summed E-state index contributed by atoms with van der Waals surface area (Å²) in [6.07, 6.45) is 8.82. The minimum absolute atomic E-state index is 0.926. The molecule has 3 nitrogen and oxygen atoms in total. The number of para-hydroxylation sites is 2. The van der Waals surface area contributed by atoms with E-state index in [0.717, 1.165) is 29.9 Å². The van der Waals surface area contributed by atoms with Crippen LogP contribution in [0.1, 0.15) is 12.8 Å². The molecule has 0 fully saturated rings. The molecule has 1 aliphatic carbocycles. The second kappa shape index (κ2) is 9.05. The molecule has 0 atom stereocenters. The predicted octanol–water partition coefficient (Wildman–Crippen LogP) is 10.3. The van der Waals surface area contributed by atoms with Gasteiger partial charge in [-0.05, 0) is 66.1 Å². The lowest BCUT2D eigenvalue weighted by Crippen LogP contribution is -1.99. The van der Waals surface area contributed by atoms with Crippen molar-refractivity contribution in [3.63, 3.8) is 0 Å². The first kappa shape index (κ1) is 23.3. The van der Waals surface area contributed by atoms with Crippen molar-refractivity contribution in [2.45, 2.75) is 12.8 Å². The van der Waals surface area contributed by atoms with E-state index in [9.17, 15) is 0 Å². The summed E-state index contributed by atoms with van der Waals surface area (Å²) in [4.78, 5) is 5.30. The fraction of sp³-hybridized carbons (Fsp3) is 0.0513. The van der Waals surface area contributed by atoms with Gasteiger partial charge in [0.15, 0.2) is 0 Å². The van der Waals surface area contributed by atoms with Crippen LogP contribution in [0, 0.1) is 0 Å². The normalized spacial score (nSPS) is 13.6. The van der Waals surface area contributed by atoms with Crippen LogP contribution in [-0.4, -0.2) is 14.1 Å². The molecule has 0 bridgehead atoms. The van der Waals surface area contributed by atoms with Gasteiger partial charge < -0.3 is 4.57 Å². The van der Waals surface area contributed by atoms with Crippen LogP contribution < -0.4 is 0 Å². The number of allylic oxidation sites excluding steroid dienone is 4. The van der Waals surface area contributed by atoms with Crippen molar-refractivity contribution in [3.05, 3.63) is 140 Å². The van der Waals surface area contributed by atoms with Gasteiger partial charge in [0.05, 0.1) is 27.8 Å². The van der Waals surface area contributed by atoms with Crippen LogP contribution >= 0.6 is 0 Å². The highest BCUT2D eigenvalue weighted by molar-refractivity contribution is 6.19. The average molecular weight is 538 g/mol. The van der Waals surface area contributed by atoms with Crippen molar-refractivity contribution < 1.29 is 0 Å². The Balaban J connectivity index is 1.35. The quantitative estimate of drug-likeness (QED) is 0.220. The van der Waals surface area contributed by atoms with Crippen molar-refractivity contribution in [3.8, 4) is 17.1 Å². The number of nitrogens with zero attached hydrogens (tertiary/aromatic N) is 3. The molecule has 0 aliphatic heterocycles. The SMILES string of the molecule is C1=CCCC(n2c3ccccc3c3cc4c(cc32)c2ccccc2n4-c2cccc(-c3cccc4ccccc34)n2)=C1. The van der Waals surface area contributed by atoms with Gasteiger partial charge in [0.2, 0.25) is 0 Å². The molecule has 0 amide bonds. The number of fused-ring (bicyclic) bond motifs is 7. The third-order valence-corrected chi connectivity index (χ3v) is 8.77. The molecule has 198 valence electrons. The molecule has 0 radical (unpaired) electrons. The van der Waals surface area contributed by atoms with Gasteiger partial charge in [-0.3, -0.25) is 4.57 Å². The molecule has 42 heavy (non-hydrogen) atoms. The number of rotatable bonds is 3. The number of hydrogen-bond donors (Lipinski definition) is 0. The van der Waals surface area contributed by atoms with E-state index in [4.69, 9.17) is 4.98 Å². The smallest absolute Gasteiger partial charge is 0.138 e. The van der Waals surface area contributed by atoms with Crippen LogP contribution in [0.4, 0.5) is 0 Å². The van der Waals surface area contributed by atoms with E-state index in [1.165, 1.54) is 60.1 Å². The zero-order chi connectivity index (χ0) is 27.6. The standard InChI is InChI=1S/C39H27N3/c1-2-14-27(15-3-1)41-35-21-8-6-17-30(35)32-25-38-33(24-37(32)41)31-18-7-9-22-36(31)42(38)39-23-11-20-34(40-39)29-19-10-13-26-12-4-5-16-28(26)29/h1-2,4-14,16-25H,3,15H2. The molecule has 8 aromatic rings. The highest BCUT2D eigenvalue weighted by Gasteiger charge is 2.19. The van der Waals surface area contributed by atoms with Gasteiger partial charge in [-0.25, -0.2) is 4.98 Å². The van der Waals surface area contributed by atoms with Crippen LogP contribution in [-0.2, 0) is 0 Å². The van der Waals surface area contributed by atoms with E-state index >= 15 is 0 Å². The molecule has 3 heteroatoms. The molecule has 0 N–H and O–H groups in total. The van der Waals surface area contributed by atoms with Crippen molar-refractivity contribution in [2.75, 3.05) is 0 Å². The molecule has 3 heterocycles. The van der Waals surface area contributed by atoms with Gasteiger partial charge in [0.25, 0.3) is 0 Å². The number of aromatic nitrogens is 3. The third kappa shape index (κ3) is 3.37. The lowest BCUT2D eigenvalue weighted by atomic mass is 10.0. The summed E-state index contributed by atoms with van der Waals surface area (Å²) in [5.74, 6) is 0.926. The summed E-state index contributed by atoms with van der Waals surface area (Å²) in [5.41, 5.74) is 8.32. The first-order valence-corrected chi connectivity index (χ1v) is 14.6. The summed E-state index contributed by atoms with van der Waals surface area (Å²) in [6.45, 7) is 0. The highest BCUT2D eigenvalue weighted by Crippen LogP contribution is 2.40. The predicted molar refractivity (Wildman–Crippen MR) is 177 cm³/mol. The topological polar surface area (TPSA) is 22.8 Å². The molecule has 1 aliphatic rings. The maximum absolute atomic E-state index is 5.30. The van der Waals surface area contributed by atoms with E-state index in [2.05, 4.69) is 149 Å². The van der Waals surface area contributed by atoms with Crippen molar-refractivity contribution in [1.82, 2.24) is 14.1 Å². The zero-order valence-corrected chi connectivity index (χ0v) is 23.0. The van der Waals surface area contributed by atoms with Crippen molar-refractivity contribution in [1.29, 1.82) is 0 Å². The summed E-state index contributed by atoms with van der Waals surface area (Å²) in [7, 11) is 0. The Morgan fingerprint density at radius 3 is 1.93 bits per heavy atom. The lowest BCUT2D eigenvalue weighted by Gasteiger charge is -2.14. The summed E-state index contributed by atoms with van der Waals surface area (Å²) in [6, 6.07) is 43.7. The van der Waals surface area contributed by atoms with E-state index < -0.39 is 0 Å². The Kier molecular flexibility index (Phi) is 5.02.